The fraction of sp³-hybridized carbons (Fsp3) is 0.786. The summed E-state index contributed by atoms with van der Waals surface area (Å²) in [6.07, 6.45) is 7.18. The quantitative estimate of drug-likeness (QED) is 0.741. The van der Waals surface area contributed by atoms with Crippen molar-refractivity contribution >= 4 is 6.09 Å². The molecular formula is C14H26N2O2. The summed E-state index contributed by atoms with van der Waals surface area (Å²) < 4.78 is 5.24. The number of carbonyl (C=O) groups excluding carboxylic acids is 1. The first-order chi connectivity index (χ1) is 8.50. The zero-order valence-electron chi connectivity index (χ0n) is 11.7. The van der Waals surface area contributed by atoms with Crippen LogP contribution in [0.3, 0.4) is 0 Å². The van der Waals surface area contributed by atoms with Crippen LogP contribution >= 0.6 is 0 Å². The van der Waals surface area contributed by atoms with Crippen LogP contribution in [0.15, 0.2) is 12.2 Å². The van der Waals surface area contributed by atoms with Gasteiger partial charge in [0.15, 0.2) is 0 Å². The van der Waals surface area contributed by atoms with Crippen molar-refractivity contribution in [3.05, 3.63) is 12.2 Å². The molecule has 0 spiro atoms. The molecule has 0 saturated carbocycles. The van der Waals surface area contributed by atoms with Gasteiger partial charge in [0.25, 0.3) is 0 Å². The second-order valence-corrected chi connectivity index (χ2v) is 5.50. The van der Waals surface area contributed by atoms with Gasteiger partial charge in [-0.2, -0.15) is 0 Å². The monoisotopic (exact) mass is 254 g/mol. The van der Waals surface area contributed by atoms with Gasteiger partial charge in [0.1, 0.15) is 0 Å². The van der Waals surface area contributed by atoms with E-state index in [2.05, 4.69) is 17.5 Å². The molecule has 0 aromatic carbocycles. The van der Waals surface area contributed by atoms with Crippen LogP contribution in [0.5, 0.6) is 0 Å². The topological polar surface area (TPSA) is 64.3 Å². The third kappa shape index (κ3) is 5.08. The molecule has 4 nitrogen and oxygen atoms in total. The van der Waals surface area contributed by atoms with Crippen molar-refractivity contribution in [1.29, 1.82) is 0 Å². The fourth-order valence-electron chi connectivity index (χ4n) is 2.10. The van der Waals surface area contributed by atoms with E-state index in [1.807, 2.05) is 20.8 Å². The number of ether oxygens (including phenoxy) is 1. The number of nitrogens with one attached hydrogen (secondary N) is 1. The highest BCUT2D eigenvalue weighted by atomic mass is 16.5. The Morgan fingerprint density at radius 2 is 2.17 bits per heavy atom. The van der Waals surface area contributed by atoms with Gasteiger partial charge in [0.2, 0.25) is 0 Å². The summed E-state index contributed by atoms with van der Waals surface area (Å²) in [6.45, 7) is 6.50. The van der Waals surface area contributed by atoms with E-state index in [4.69, 9.17) is 10.5 Å². The third-order valence-electron chi connectivity index (χ3n) is 3.52. The molecule has 0 fully saturated rings. The minimum Gasteiger partial charge on any atom is -0.449 e. The Morgan fingerprint density at radius 1 is 1.44 bits per heavy atom. The van der Waals surface area contributed by atoms with Crippen LogP contribution in [0.4, 0.5) is 4.79 Å². The molecule has 0 bridgehead atoms. The molecule has 4 heteroatoms. The van der Waals surface area contributed by atoms with Crippen LogP contribution in [-0.4, -0.2) is 24.8 Å². The number of allylic oxidation sites excluding steroid dienone is 2. The number of carbonyl (C=O) groups is 1. The molecule has 104 valence electrons. The summed E-state index contributed by atoms with van der Waals surface area (Å²) in [5.41, 5.74) is 5.97. The van der Waals surface area contributed by atoms with Gasteiger partial charge in [-0.25, -0.2) is 4.79 Å². The van der Waals surface area contributed by atoms with Crippen molar-refractivity contribution in [2.24, 2.45) is 17.6 Å². The summed E-state index contributed by atoms with van der Waals surface area (Å²) >= 11 is 0. The summed E-state index contributed by atoms with van der Waals surface area (Å²) in [4.78, 5) is 11.6. The first-order valence-electron chi connectivity index (χ1n) is 6.84. The largest absolute Gasteiger partial charge is 0.449 e. The lowest BCUT2D eigenvalue weighted by molar-refractivity contribution is 0.119. The molecule has 3 N–H and O–H groups in total. The van der Waals surface area contributed by atoms with Gasteiger partial charge in [0, 0.05) is 12.1 Å². The highest BCUT2D eigenvalue weighted by Crippen LogP contribution is 2.18. The molecule has 0 aromatic rings. The van der Waals surface area contributed by atoms with Crippen molar-refractivity contribution in [1.82, 2.24) is 5.32 Å². The first-order valence-corrected chi connectivity index (χ1v) is 6.84. The van der Waals surface area contributed by atoms with Crippen molar-refractivity contribution in [3.63, 3.8) is 0 Å². The van der Waals surface area contributed by atoms with Gasteiger partial charge in [-0.15, -0.1) is 0 Å². The normalized spacial score (nSPS) is 22.6. The van der Waals surface area contributed by atoms with Crippen molar-refractivity contribution in [3.8, 4) is 0 Å². The highest BCUT2D eigenvalue weighted by molar-refractivity contribution is 5.67. The van der Waals surface area contributed by atoms with E-state index >= 15 is 0 Å². The summed E-state index contributed by atoms with van der Waals surface area (Å²) in [5, 5.41) is 2.80. The molecule has 0 aliphatic heterocycles. The zero-order valence-corrected chi connectivity index (χ0v) is 11.7. The molecule has 1 amide bonds. The maximum Gasteiger partial charge on any atom is 0.407 e. The average Bonchev–Trinajstić information content (AvgIpc) is 2.36. The van der Waals surface area contributed by atoms with Crippen LogP contribution < -0.4 is 11.1 Å². The lowest BCUT2D eigenvalue weighted by Gasteiger charge is -2.24. The summed E-state index contributed by atoms with van der Waals surface area (Å²) in [6, 6.07) is -0.112. The Morgan fingerprint density at radius 3 is 2.72 bits per heavy atom. The van der Waals surface area contributed by atoms with E-state index in [-0.39, 0.29) is 18.2 Å². The minimum absolute atomic E-state index is 0.0461. The second-order valence-electron chi connectivity index (χ2n) is 5.50. The maximum absolute atomic E-state index is 11.6. The van der Waals surface area contributed by atoms with E-state index < -0.39 is 0 Å². The average molecular weight is 254 g/mol. The van der Waals surface area contributed by atoms with Crippen molar-refractivity contribution in [2.75, 3.05) is 6.61 Å². The van der Waals surface area contributed by atoms with Gasteiger partial charge in [-0.1, -0.05) is 26.0 Å². The molecule has 3 unspecified atom stereocenters. The molecule has 0 heterocycles. The highest BCUT2D eigenvalue weighted by Gasteiger charge is 2.19. The molecular weight excluding hydrogens is 228 g/mol. The number of amides is 1. The van der Waals surface area contributed by atoms with Gasteiger partial charge in [0.05, 0.1) is 6.61 Å². The molecule has 1 aliphatic carbocycles. The number of hydrogen-bond acceptors (Lipinski definition) is 3. The Labute approximate surface area is 110 Å². The molecule has 0 aromatic heterocycles. The second kappa shape index (κ2) is 7.41. The standard InChI is InChI=1S/C14H26N2O2/c1-10(2)13(15)11(3)16-14(17)18-9-12-7-5-4-6-8-12/h4-5,10-13H,6-9,15H2,1-3H3,(H,16,17). The van der Waals surface area contributed by atoms with Crippen molar-refractivity contribution < 1.29 is 9.53 Å². The van der Waals surface area contributed by atoms with E-state index in [9.17, 15) is 4.79 Å². The van der Waals surface area contributed by atoms with Crippen LogP contribution in [0.2, 0.25) is 0 Å². The van der Waals surface area contributed by atoms with Gasteiger partial charge >= 0.3 is 6.09 Å². The van der Waals surface area contributed by atoms with Gasteiger partial charge < -0.3 is 15.8 Å². The van der Waals surface area contributed by atoms with Crippen LogP contribution in [0, 0.1) is 11.8 Å². The SMILES string of the molecule is CC(C)C(N)C(C)NC(=O)OCC1CC=CCC1. The lowest BCUT2D eigenvalue weighted by Crippen LogP contribution is -2.48. The zero-order chi connectivity index (χ0) is 13.5. The number of nitrogens with two attached hydrogens (primary N) is 1. The Hall–Kier alpha value is -1.03. The molecule has 0 radical (unpaired) electrons. The first kappa shape index (κ1) is 15.0. The fourth-order valence-corrected chi connectivity index (χ4v) is 2.10. The van der Waals surface area contributed by atoms with Crippen molar-refractivity contribution in [2.45, 2.75) is 52.1 Å². The predicted molar refractivity (Wildman–Crippen MR) is 73.2 cm³/mol. The van der Waals surface area contributed by atoms with Crippen LogP contribution in [0.25, 0.3) is 0 Å². The number of alkyl carbamates (subject to hydrolysis) is 1. The molecule has 1 rings (SSSR count). The Balaban J connectivity index is 2.22. The van der Waals surface area contributed by atoms with Gasteiger partial charge in [-0.05, 0) is 38.0 Å². The number of rotatable bonds is 5. The van der Waals surface area contributed by atoms with E-state index in [1.54, 1.807) is 0 Å². The molecule has 3 atom stereocenters. The predicted octanol–water partition coefficient (Wildman–Crippen LogP) is 2.44. The van der Waals surface area contributed by atoms with Crippen LogP contribution in [-0.2, 0) is 4.74 Å². The minimum atomic E-state index is -0.354. The van der Waals surface area contributed by atoms with Gasteiger partial charge in [-0.3, -0.25) is 0 Å². The Bertz CT molecular complexity index is 290. The maximum atomic E-state index is 11.6. The molecule has 18 heavy (non-hydrogen) atoms. The van der Waals surface area contributed by atoms with Crippen LogP contribution in [0.1, 0.15) is 40.0 Å². The molecule has 0 saturated heterocycles. The summed E-state index contributed by atoms with van der Waals surface area (Å²) in [7, 11) is 0. The number of hydrogen-bond donors (Lipinski definition) is 2. The van der Waals surface area contributed by atoms with E-state index in [0.717, 1.165) is 19.3 Å². The lowest BCUT2D eigenvalue weighted by atomic mass is 9.95. The van der Waals surface area contributed by atoms with E-state index in [1.165, 1.54) is 0 Å². The molecule has 1 aliphatic rings. The Kier molecular flexibility index (Phi) is 6.19. The summed E-state index contributed by atoms with van der Waals surface area (Å²) in [5.74, 6) is 0.804. The van der Waals surface area contributed by atoms with E-state index in [0.29, 0.717) is 18.4 Å². The smallest absolute Gasteiger partial charge is 0.407 e. The third-order valence-corrected chi connectivity index (χ3v) is 3.52.